The molecule has 0 amide bonds. The Kier molecular flexibility index (Phi) is 1.92. The van der Waals surface area contributed by atoms with Crippen LogP contribution in [-0.4, -0.2) is 0 Å². The Balaban J connectivity index is 2.96. The van der Waals surface area contributed by atoms with Gasteiger partial charge in [0.25, 0.3) is 0 Å². The van der Waals surface area contributed by atoms with E-state index in [-0.39, 0.29) is 6.04 Å². The van der Waals surface area contributed by atoms with Crippen LogP contribution in [0.25, 0.3) is 0 Å². The normalized spacial score (nSPS) is 13.0. The van der Waals surface area contributed by atoms with Gasteiger partial charge in [0, 0.05) is 11.7 Å². The van der Waals surface area contributed by atoms with E-state index in [1.54, 1.807) is 0 Å². The number of rotatable bonds is 1. The molecular formula is C8H12N2. The third-order valence-corrected chi connectivity index (χ3v) is 1.44. The lowest BCUT2D eigenvalue weighted by molar-refractivity contribution is 0.819. The van der Waals surface area contributed by atoms with E-state index >= 15 is 0 Å². The summed E-state index contributed by atoms with van der Waals surface area (Å²) >= 11 is 0. The van der Waals surface area contributed by atoms with Gasteiger partial charge in [0.15, 0.2) is 0 Å². The van der Waals surface area contributed by atoms with Crippen molar-refractivity contribution in [1.29, 1.82) is 0 Å². The van der Waals surface area contributed by atoms with Gasteiger partial charge in [-0.1, -0.05) is 12.1 Å². The maximum absolute atomic E-state index is 5.63. The fraction of sp³-hybridized carbons (Fsp3) is 0.250. The van der Waals surface area contributed by atoms with E-state index in [1.165, 1.54) is 0 Å². The van der Waals surface area contributed by atoms with Crippen LogP contribution in [0.2, 0.25) is 0 Å². The molecule has 0 saturated heterocycles. The van der Waals surface area contributed by atoms with Crippen molar-refractivity contribution in [2.75, 3.05) is 5.73 Å². The van der Waals surface area contributed by atoms with Crippen molar-refractivity contribution >= 4 is 5.69 Å². The minimum atomic E-state index is 0.0727. The van der Waals surface area contributed by atoms with Gasteiger partial charge in [-0.3, -0.25) is 0 Å². The van der Waals surface area contributed by atoms with Crippen molar-refractivity contribution in [3.63, 3.8) is 0 Å². The van der Waals surface area contributed by atoms with Crippen molar-refractivity contribution in [3.8, 4) is 0 Å². The lowest BCUT2D eigenvalue weighted by atomic mass is 10.1. The number of hydrogen-bond acceptors (Lipinski definition) is 2. The summed E-state index contributed by atoms with van der Waals surface area (Å²) in [6, 6.07) is 7.70. The van der Waals surface area contributed by atoms with Crippen molar-refractivity contribution in [3.05, 3.63) is 29.8 Å². The first kappa shape index (κ1) is 7.09. The molecule has 0 spiro atoms. The number of nitrogen functional groups attached to an aromatic ring is 1. The van der Waals surface area contributed by atoms with E-state index in [4.69, 9.17) is 11.5 Å². The number of hydrogen-bond donors (Lipinski definition) is 2. The first-order valence-electron chi connectivity index (χ1n) is 3.31. The average Bonchev–Trinajstić information content (AvgIpc) is 1.88. The highest BCUT2D eigenvalue weighted by Crippen LogP contribution is 2.12. The Morgan fingerprint density at radius 3 is 2.50 bits per heavy atom. The number of nitrogens with two attached hydrogens (primary N) is 2. The quantitative estimate of drug-likeness (QED) is 0.571. The van der Waals surface area contributed by atoms with Crippen LogP contribution < -0.4 is 11.5 Å². The first-order chi connectivity index (χ1) is 4.70. The van der Waals surface area contributed by atoms with E-state index in [9.17, 15) is 0 Å². The molecule has 0 aliphatic rings. The summed E-state index contributed by atoms with van der Waals surface area (Å²) in [5, 5.41) is 0. The highest BCUT2D eigenvalue weighted by molar-refractivity contribution is 5.41. The van der Waals surface area contributed by atoms with Gasteiger partial charge in [-0.2, -0.15) is 0 Å². The molecule has 0 radical (unpaired) electrons. The maximum atomic E-state index is 5.63. The molecule has 2 nitrogen and oxygen atoms in total. The summed E-state index contributed by atoms with van der Waals surface area (Å²) in [7, 11) is 0. The zero-order chi connectivity index (χ0) is 7.56. The molecule has 0 unspecified atom stereocenters. The zero-order valence-corrected chi connectivity index (χ0v) is 6.04. The summed E-state index contributed by atoms with van der Waals surface area (Å²) < 4.78 is 0. The second-order valence-corrected chi connectivity index (χ2v) is 2.46. The van der Waals surface area contributed by atoms with Crippen molar-refractivity contribution in [2.24, 2.45) is 5.73 Å². The molecule has 1 aromatic carbocycles. The summed E-state index contributed by atoms with van der Waals surface area (Å²) in [5.41, 5.74) is 13.0. The monoisotopic (exact) mass is 136 g/mol. The molecule has 10 heavy (non-hydrogen) atoms. The van der Waals surface area contributed by atoms with Gasteiger partial charge in [0.05, 0.1) is 0 Å². The first-order valence-corrected chi connectivity index (χ1v) is 3.31. The molecule has 1 atom stereocenters. The molecule has 0 heterocycles. The standard InChI is InChI=1S/C8H12N2/c1-6(9)7-3-2-4-8(10)5-7/h2-6H,9-10H2,1H3/t6-/m0/s1. The average molecular weight is 136 g/mol. The van der Waals surface area contributed by atoms with E-state index in [1.807, 2.05) is 31.2 Å². The Hall–Kier alpha value is -1.02. The molecule has 0 fully saturated rings. The molecule has 4 N–H and O–H groups in total. The molecule has 0 aliphatic heterocycles. The van der Waals surface area contributed by atoms with Gasteiger partial charge in [0.1, 0.15) is 0 Å². The Morgan fingerprint density at radius 2 is 2.10 bits per heavy atom. The van der Waals surface area contributed by atoms with Crippen molar-refractivity contribution < 1.29 is 0 Å². The fourth-order valence-corrected chi connectivity index (χ4v) is 0.842. The van der Waals surface area contributed by atoms with Gasteiger partial charge in [0.2, 0.25) is 0 Å². The molecule has 0 bridgehead atoms. The highest BCUT2D eigenvalue weighted by Gasteiger charge is 1.96. The molecule has 2 heteroatoms. The minimum Gasteiger partial charge on any atom is -0.399 e. The van der Waals surface area contributed by atoms with Gasteiger partial charge in [-0.05, 0) is 24.6 Å². The molecule has 1 aromatic rings. The fourth-order valence-electron chi connectivity index (χ4n) is 0.842. The summed E-state index contributed by atoms with van der Waals surface area (Å²) in [6.45, 7) is 1.94. The minimum absolute atomic E-state index is 0.0727. The maximum Gasteiger partial charge on any atom is 0.0317 e. The van der Waals surface area contributed by atoms with Gasteiger partial charge < -0.3 is 11.5 Å². The second kappa shape index (κ2) is 2.71. The van der Waals surface area contributed by atoms with Crippen LogP contribution in [-0.2, 0) is 0 Å². The lowest BCUT2D eigenvalue weighted by Crippen LogP contribution is -2.04. The number of benzene rings is 1. The molecule has 0 saturated carbocycles. The predicted molar refractivity (Wildman–Crippen MR) is 43.5 cm³/mol. The van der Waals surface area contributed by atoms with Crippen LogP contribution in [0.15, 0.2) is 24.3 Å². The summed E-state index contributed by atoms with van der Waals surface area (Å²) in [6.07, 6.45) is 0. The van der Waals surface area contributed by atoms with E-state index in [0.29, 0.717) is 0 Å². The Bertz CT molecular complexity index is 218. The predicted octanol–water partition coefficient (Wildman–Crippen LogP) is 1.29. The topological polar surface area (TPSA) is 52.0 Å². The van der Waals surface area contributed by atoms with Crippen LogP contribution in [0.4, 0.5) is 5.69 Å². The lowest BCUT2D eigenvalue weighted by Gasteiger charge is -2.04. The molecule has 0 aromatic heterocycles. The largest absolute Gasteiger partial charge is 0.399 e. The van der Waals surface area contributed by atoms with Crippen molar-refractivity contribution in [1.82, 2.24) is 0 Å². The van der Waals surface area contributed by atoms with Crippen molar-refractivity contribution in [2.45, 2.75) is 13.0 Å². The Labute approximate surface area is 60.8 Å². The summed E-state index contributed by atoms with van der Waals surface area (Å²) in [4.78, 5) is 0. The van der Waals surface area contributed by atoms with Gasteiger partial charge in [-0.15, -0.1) is 0 Å². The second-order valence-electron chi connectivity index (χ2n) is 2.46. The van der Waals surface area contributed by atoms with Crippen LogP contribution >= 0.6 is 0 Å². The van der Waals surface area contributed by atoms with E-state index in [0.717, 1.165) is 11.3 Å². The molecule has 0 aliphatic carbocycles. The number of anilines is 1. The van der Waals surface area contributed by atoms with Gasteiger partial charge in [-0.25, -0.2) is 0 Å². The highest BCUT2D eigenvalue weighted by atomic mass is 14.6. The van der Waals surface area contributed by atoms with Gasteiger partial charge >= 0.3 is 0 Å². The molecule has 54 valence electrons. The zero-order valence-electron chi connectivity index (χ0n) is 6.04. The van der Waals surface area contributed by atoms with E-state index in [2.05, 4.69) is 0 Å². The SMILES string of the molecule is C[C@H](N)c1cccc(N)c1. The smallest absolute Gasteiger partial charge is 0.0317 e. The van der Waals surface area contributed by atoms with Crippen LogP contribution in [0.1, 0.15) is 18.5 Å². The third kappa shape index (κ3) is 1.48. The molecule has 1 rings (SSSR count). The third-order valence-electron chi connectivity index (χ3n) is 1.44. The summed E-state index contributed by atoms with van der Waals surface area (Å²) in [5.74, 6) is 0. The van der Waals surface area contributed by atoms with Crippen LogP contribution in [0, 0.1) is 0 Å². The van der Waals surface area contributed by atoms with Crippen LogP contribution in [0.3, 0.4) is 0 Å². The van der Waals surface area contributed by atoms with E-state index < -0.39 is 0 Å². The Morgan fingerprint density at radius 1 is 1.40 bits per heavy atom. The molecular weight excluding hydrogens is 124 g/mol. The van der Waals surface area contributed by atoms with Crippen LogP contribution in [0.5, 0.6) is 0 Å².